The molecule has 6 heteroatoms. The van der Waals surface area contributed by atoms with E-state index in [0.717, 1.165) is 0 Å². The second-order valence-corrected chi connectivity index (χ2v) is 4.69. The molecule has 1 heterocycles. The van der Waals surface area contributed by atoms with E-state index in [1.807, 2.05) is 0 Å². The summed E-state index contributed by atoms with van der Waals surface area (Å²) >= 11 is 0. The van der Waals surface area contributed by atoms with Gasteiger partial charge in [-0.25, -0.2) is 9.59 Å². The molecule has 2 N–H and O–H groups in total. The molecule has 0 atom stereocenters. The van der Waals surface area contributed by atoms with E-state index in [1.54, 1.807) is 29.2 Å². The van der Waals surface area contributed by atoms with Crippen molar-refractivity contribution in [2.75, 3.05) is 25.5 Å². The van der Waals surface area contributed by atoms with E-state index in [9.17, 15) is 14.7 Å². The number of hydrogen-bond donors (Lipinski definition) is 2. The Bertz CT molecular complexity index is 496. The number of amides is 2. The Labute approximate surface area is 117 Å². The highest BCUT2D eigenvalue weighted by atomic mass is 16.5. The molecule has 2 amide bonds. The Morgan fingerprint density at radius 3 is 2.60 bits per heavy atom. The van der Waals surface area contributed by atoms with Crippen LogP contribution >= 0.6 is 0 Å². The quantitative estimate of drug-likeness (QED) is 0.803. The van der Waals surface area contributed by atoms with Crippen molar-refractivity contribution in [3.8, 4) is 0 Å². The number of carbonyl (C=O) groups is 2. The van der Waals surface area contributed by atoms with Gasteiger partial charge in [0.05, 0.1) is 24.5 Å². The van der Waals surface area contributed by atoms with E-state index in [2.05, 4.69) is 10.1 Å². The third-order valence-electron chi connectivity index (χ3n) is 3.33. The average molecular weight is 278 g/mol. The summed E-state index contributed by atoms with van der Waals surface area (Å²) in [5.41, 5.74) is 0.746. The van der Waals surface area contributed by atoms with E-state index >= 15 is 0 Å². The van der Waals surface area contributed by atoms with E-state index < -0.39 is 5.97 Å². The summed E-state index contributed by atoms with van der Waals surface area (Å²) < 4.78 is 4.68. The average Bonchev–Trinajstić information content (AvgIpc) is 2.47. The minimum Gasteiger partial charge on any atom is -0.465 e. The first-order valence-corrected chi connectivity index (χ1v) is 6.53. The number of carbonyl (C=O) groups excluding carboxylic acids is 2. The van der Waals surface area contributed by atoms with Crippen molar-refractivity contribution < 1.29 is 19.4 Å². The molecule has 0 radical (unpaired) electrons. The van der Waals surface area contributed by atoms with Gasteiger partial charge in [0.15, 0.2) is 0 Å². The Kier molecular flexibility index (Phi) is 4.57. The first-order chi connectivity index (χ1) is 9.61. The molecular weight excluding hydrogens is 260 g/mol. The zero-order valence-corrected chi connectivity index (χ0v) is 11.3. The number of likely N-dealkylation sites (tertiary alicyclic amines) is 1. The van der Waals surface area contributed by atoms with Crippen LogP contribution in [-0.4, -0.2) is 48.3 Å². The SMILES string of the molecule is COC(=O)c1ccccc1NC(=O)N1CCC(O)CC1. The van der Waals surface area contributed by atoms with Crippen LogP contribution in [0.15, 0.2) is 24.3 Å². The number of nitrogens with one attached hydrogen (secondary N) is 1. The van der Waals surface area contributed by atoms with Crippen molar-refractivity contribution in [1.82, 2.24) is 4.90 Å². The Balaban J connectivity index is 2.06. The number of esters is 1. The molecule has 1 aromatic carbocycles. The van der Waals surface area contributed by atoms with Crippen molar-refractivity contribution in [2.45, 2.75) is 18.9 Å². The predicted molar refractivity (Wildman–Crippen MR) is 73.6 cm³/mol. The molecule has 1 aromatic rings. The molecule has 20 heavy (non-hydrogen) atoms. The molecule has 1 saturated heterocycles. The number of methoxy groups -OCH3 is 1. The van der Waals surface area contributed by atoms with Crippen LogP contribution in [0.1, 0.15) is 23.2 Å². The lowest BCUT2D eigenvalue weighted by Crippen LogP contribution is -2.42. The van der Waals surface area contributed by atoms with Gasteiger partial charge in [-0.15, -0.1) is 0 Å². The highest BCUT2D eigenvalue weighted by molar-refractivity contribution is 6.00. The zero-order chi connectivity index (χ0) is 14.5. The molecule has 1 fully saturated rings. The number of aliphatic hydroxyl groups excluding tert-OH is 1. The Morgan fingerprint density at radius 1 is 1.30 bits per heavy atom. The summed E-state index contributed by atoms with van der Waals surface area (Å²) in [5.74, 6) is -0.491. The van der Waals surface area contributed by atoms with Crippen LogP contribution in [0.2, 0.25) is 0 Å². The maximum atomic E-state index is 12.1. The molecule has 108 valence electrons. The number of piperidine rings is 1. The maximum Gasteiger partial charge on any atom is 0.339 e. The van der Waals surface area contributed by atoms with Crippen LogP contribution in [0.4, 0.5) is 10.5 Å². The number of ether oxygens (including phenoxy) is 1. The summed E-state index contributed by atoms with van der Waals surface area (Å²) in [6.07, 6.45) is 0.819. The summed E-state index contributed by atoms with van der Waals surface area (Å²) in [6, 6.07) is 6.43. The third-order valence-corrected chi connectivity index (χ3v) is 3.33. The minimum atomic E-state index is -0.491. The molecule has 0 aromatic heterocycles. The number of benzene rings is 1. The monoisotopic (exact) mass is 278 g/mol. The lowest BCUT2D eigenvalue weighted by atomic mass is 10.1. The molecule has 6 nitrogen and oxygen atoms in total. The van der Waals surface area contributed by atoms with E-state index in [4.69, 9.17) is 0 Å². The molecule has 0 saturated carbocycles. The summed E-state index contributed by atoms with van der Waals surface area (Å²) in [5, 5.41) is 12.1. The number of hydrogen-bond acceptors (Lipinski definition) is 4. The lowest BCUT2D eigenvalue weighted by molar-refractivity contribution is 0.0602. The molecule has 0 unspecified atom stereocenters. The predicted octanol–water partition coefficient (Wildman–Crippen LogP) is 1.46. The highest BCUT2D eigenvalue weighted by Gasteiger charge is 2.22. The third kappa shape index (κ3) is 3.27. The number of rotatable bonds is 2. The number of aliphatic hydroxyl groups is 1. The van der Waals surface area contributed by atoms with Gasteiger partial charge in [-0.05, 0) is 25.0 Å². The Morgan fingerprint density at radius 2 is 1.95 bits per heavy atom. The van der Waals surface area contributed by atoms with Gasteiger partial charge in [-0.2, -0.15) is 0 Å². The van der Waals surface area contributed by atoms with E-state index in [-0.39, 0.29) is 12.1 Å². The minimum absolute atomic E-state index is 0.270. The van der Waals surface area contributed by atoms with Crippen LogP contribution in [0, 0.1) is 0 Å². The zero-order valence-electron chi connectivity index (χ0n) is 11.3. The fourth-order valence-electron chi connectivity index (χ4n) is 2.14. The number of anilines is 1. The van der Waals surface area contributed by atoms with E-state index in [1.165, 1.54) is 7.11 Å². The van der Waals surface area contributed by atoms with Gasteiger partial charge < -0.3 is 20.1 Å². The molecular formula is C14H18N2O4. The van der Waals surface area contributed by atoms with Gasteiger partial charge in [0.25, 0.3) is 0 Å². The van der Waals surface area contributed by atoms with Crippen molar-refractivity contribution >= 4 is 17.7 Å². The second kappa shape index (κ2) is 6.38. The van der Waals surface area contributed by atoms with Gasteiger partial charge in [0.1, 0.15) is 0 Å². The van der Waals surface area contributed by atoms with Crippen LogP contribution in [-0.2, 0) is 4.74 Å². The molecule has 0 bridgehead atoms. The number of urea groups is 1. The number of para-hydroxylation sites is 1. The van der Waals surface area contributed by atoms with Gasteiger partial charge in [-0.1, -0.05) is 12.1 Å². The van der Waals surface area contributed by atoms with Crippen LogP contribution in [0.5, 0.6) is 0 Å². The van der Waals surface area contributed by atoms with Crippen molar-refractivity contribution in [2.24, 2.45) is 0 Å². The van der Waals surface area contributed by atoms with E-state index in [0.29, 0.717) is 37.2 Å². The molecule has 0 spiro atoms. The summed E-state index contributed by atoms with van der Waals surface area (Å²) in [6.45, 7) is 1.01. The normalized spacial score (nSPS) is 15.8. The largest absolute Gasteiger partial charge is 0.465 e. The standard InChI is InChI=1S/C14H18N2O4/c1-20-13(18)11-4-2-3-5-12(11)15-14(19)16-8-6-10(17)7-9-16/h2-5,10,17H,6-9H2,1H3,(H,15,19). The van der Waals surface area contributed by atoms with Crippen LogP contribution < -0.4 is 5.32 Å². The van der Waals surface area contributed by atoms with Crippen LogP contribution in [0.25, 0.3) is 0 Å². The topological polar surface area (TPSA) is 78.9 Å². The lowest BCUT2D eigenvalue weighted by Gasteiger charge is -2.29. The first kappa shape index (κ1) is 14.3. The molecule has 1 aliphatic heterocycles. The van der Waals surface area contributed by atoms with Gasteiger partial charge in [0, 0.05) is 13.1 Å². The Hall–Kier alpha value is -2.08. The molecule has 2 rings (SSSR count). The summed E-state index contributed by atoms with van der Waals surface area (Å²) in [7, 11) is 1.30. The fraction of sp³-hybridized carbons (Fsp3) is 0.429. The van der Waals surface area contributed by atoms with Crippen molar-refractivity contribution in [3.05, 3.63) is 29.8 Å². The highest BCUT2D eigenvalue weighted by Crippen LogP contribution is 2.18. The second-order valence-electron chi connectivity index (χ2n) is 4.69. The maximum absolute atomic E-state index is 12.1. The van der Waals surface area contributed by atoms with Gasteiger partial charge in [0.2, 0.25) is 0 Å². The smallest absolute Gasteiger partial charge is 0.339 e. The molecule has 0 aliphatic carbocycles. The van der Waals surface area contributed by atoms with Crippen molar-refractivity contribution in [1.29, 1.82) is 0 Å². The molecule has 1 aliphatic rings. The number of nitrogens with zero attached hydrogens (tertiary/aromatic N) is 1. The van der Waals surface area contributed by atoms with Gasteiger partial charge >= 0.3 is 12.0 Å². The van der Waals surface area contributed by atoms with Crippen LogP contribution in [0.3, 0.4) is 0 Å². The first-order valence-electron chi connectivity index (χ1n) is 6.53. The summed E-state index contributed by atoms with van der Waals surface area (Å²) in [4.78, 5) is 25.4. The van der Waals surface area contributed by atoms with Gasteiger partial charge in [-0.3, -0.25) is 0 Å². The van der Waals surface area contributed by atoms with Crippen molar-refractivity contribution in [3.63, 3.8) is 0 Å². The fourth-order valence-corrected chi connectivity index (χ4v) is 2.14.